The largest absolute Gasteiger partial charge is 0.246 e. The summed E-state index contributed by atoms with van der Waals surface area (Å²) in [6.07, 6.45) is 3.38. The van der Waals surface area contributed by atoms with E-state index >= 15 is 0 Å². The van der Waals surface area contributed by atoms with E-state index in [-0.39, 0.29) is 0 Å². The van der Waals surface area contributed by atoms with E-state index in [1.54, 1.807) is 0 Å². The molecule has 0 radical (unpaired) electrons. The molecule has 3 heteroatoms. The van der Waals surface area contributed by atoms with Gasteiger partial charge in [-0.3, -0.25) is 0 Å². The number of aromatic nitrogens is 1. The summed E-state index contributed by atoms with van der Waals surface area (Å²) in [5, 5.41) is 2.25. The van der Waals surface area contributed by atoms with Gasteiger partial charge in [-0.2, -0.15) is 0 Å². The van der Waals surface area contributed by atoms with E-state index in [2.05, 4.69) is 34.8 Å². The monoisotopic (exact) mass is 247 g/mol. The van der Waals surface area contributed by atoms with Crippen LogP contribution in [0.2, 0.25) is 0 Å². The highest BCUT2D eigenvalue weighted by molar-refractivity contribution is 9.08. The first-order valence-corrected chi connectivity index (χ1v) is 6.29. The van der Waals surface area contributed by atoms with Crippen LogP contribution >= 0.6 is 27.3 Å². The molecule has 12 heavy (non-hydrogen) atoms. The quantitative estimate of drug-likeness (QED) is 0.742. The standard InChI is InChI=1S/C9H14BrNS/c1-3-5-9-11-7(4-2)8(6-10)12-9/h3-6H2,1-2H3. The highest BCUT2D eigenvalue weighted by Gasteiger charge is 2.06. The summed E-state index contributed by atoms with van der Waals surface area (Å²) in [6, 6.07) is 0. The molecule has 1 rings (SSSR count). The molecule has 0 N–H and O–H groups in total. The van der Waals surface area contributed by atoms with Crippen molar-refractivity contribution < 1.29 is 0 Å². The number of hydrogen-bond acceptors (Lipinski definition) is 2. The molecule has 0 aliphatic rings. The van der Waals surface area contributed by atoms with Crippen LogP contribution in [0.25, 0.3) is 0 Å². The van der Waals surface area contributed by atoms with E-state index in [0.29, 0.717) is 0 Å². The lowest BCUT2D eigenvalue weighted by Gasteiger charge is -1.90. The van der Waals surface area contributed by atoms with Crippen molar-refractivity contribution in [2.45, 2.75) is 38.4 Å². The van der Waals surface area contributed by atoms with Crippen molar-refractivity contribution in [2.24, 2.45) is 0 Å². The minimum atomic E-state index is 0.956. The van der Waals surface area contributed by atoms with E-state index < -0.39 is 0 Å². The lowest BCUT2D eigenvalue weighted by Crippen LogP contribution is -1.86. The van der Waals surface area contributed by atoms with Crippen molar-refractivity contribution in [1.82, 2.24) is 4.98 Å². The van der Waals surface area contributed by atoms with Crippen LogP contribution in [0.4, 0.5) is 0 Å². The van der Waals surface area contributed by atoms with Crippen LogP contribution in [0, 0.1) is 0 Å². The van der Waals surface area contributed by atoms with Crippen LogP contribution in [0.5, 0.6) is 0 Å². The van der Waals surface area contributed by atoms with E-state index in [0.717, 1.165) is 18.2 Å². The lowest BCUT2D eigenvalue weighted by molar-refractivity contribution is 0.892. The Bertz CT molecular complexity index is 223. The maximum atomic E-state index is 4.58. The number of aryl methyl sites for hydroxylation is 2. The molecular formula is C9H14BrNS. The highest BCUT2D eigenvalue weighted by Crippen LogP contribution is 2.22. The molecule has 0 spiro atoms. The fourth-order valence-corrected chi connectivity index (χ4v) is 2.91. The molecule has 1 nitrogen and oxygen atoms in total. The molecule has 1 aromatic heterocycles. The third-order valence-electron chi connectivity index (χ3n) is 1.74. The van der Waals surface area contributed by atoms with E-state index in [4.69, 9.17) is 0 Å². The predicted octanol–water partition coefficient (Wildman–Crippen LogP) is 3.55. The summed E-state index contributed by atoms with van der Waals surface area (Å²) in [7, 11) is 0. The zero-order valence-electron chi connectivity index (χ0n) is 7.56. The van der Waals surface area contributed by atoms with Crippen LogP contribution in [0.3, 0.4) is 0 Å². The van der Waals surface area contributed by atoms with Gasteiger partial charge in [0.25, 0.3) is 0 Å². The Morgan fingerprint density at radius 3 is 2.58 bits per heavy atom. The Morgan fingerprint density at radius 1 is 1.42 bits per heavy atom. The van der Waals surface area contributed by atoms with Gasteiger partial charge in [0.15, 0.2) is 0 Å². The number of rotatable bonds is 4. The van der Waals surface area contributed by atoms with Gasteiger partial charge in [0.2, 0.25) is 0 Å². The second kappa shape index (κ2) is 4.97. The van der Waals surface area contributed by atoms with Crippen LogP contribution in [-0.2, 0) is 18.2 Å². The first kappa shape index (κ1) is 10.2. The third kappa shape index (κ3) is 2.30. The first-order chi connectivity index (χ1) is 5.81. The predicted molar refractivity (Wildman–Crippen MR) is 58.1 cm³/mol. The third-order valence-corrected chi connectivity index (χ3v) is 3.83. The molecule has 0 saturated carbocycles. The molecule has 0 fully saturated rings. The molecule has 0 unspecified atom stereocenters. The van der Waals surface area contributed by atoms with Gasteiger partial charge in [-0.25, -0.2) is 4.98 Å². The highest BCUT2D eigenvalue weighted by atomic mass is 79.9. The summed E-state index contributed by atoms with van der Waals surface area (Å²) in [6.45, 7) is 4.36. The number of hydrogen-bond donors (Lipinski definition) is 0. The minimum absolute atomic E-state index is 0.956. The molecule has 0 saturated heterocycles. The zero-order chi connectivity index (χ0) is 8.97. The smallest absolute Gasteiger partial charge is 0.0931 e. The van der Waals surface area contributed by atoms with Crippen molar-refractivity contribution in [3.63, 3.8) is 0 Å². The number of alkyl halides is 1. The number of thiazole rings is 1. The molecule has 0 aliphatic heterocycles. The van der Waals surface area contributed by atoms with Crippen LogP contribution in [0.1, 0.15) is 35.8 Å². The molecule has 0 atom stereocenters. The van der Waals surface area contributed by atoms with Gasteiger partial charge in [-0.1, -0.05) is 29.8 Å². The Labute approximate surface area is 86.3 Å². The van der Waals surface area contributed by atoms with Crippen molar-refractivity contribution in [2.75, 3.05) is 0 Å². The summed E-state index contributed by atoms with van der Waals surface area (Å²) in [5.74, 6) is 0. The second-order valence-electron chi connectivity index (χ2n) is 2.71. The van der Waals surface area contributed by atoms with Gasteiger partial charge in [0, 0.05) is 10.2 Å². The Balaban J connectivity index is 2.81. The van der Waals surface area contributed by atoms with Gasteiger partial charge >= 0.3 is 0 Å². The van der Waals surface area contributed by atoms with Crippen molar-refractivity contribution in [3.8, 4) is 0 Å². The van der Waals surface area contributed by atoms with Gasteiger partial charge in [-0.15, -0.1) is 11.3 Å². The topological polar surface area (TPSA) is 12.9 Å². The van der Waals surface area contributed by atoms with Gasteiger partial charge < -0.3 is 0 Å². The fourth-order valence-electron chi connectivity index (χ4n) is 1.14. The first-order valence-electron chi connectivity index (χ1n) is 4.35. The van der Waals surface area contributed by atoms with Gasteiger partial charge in [0.05, 0.1) is 10.7 Å². The second-order valence-corrected chi connectivity index (χ2v) is 4.44. The Morgan fingerprint density at radius 2 is 2.17 bits per heavy atom. The average Bonchev–Trinajstić information content (AvgIpc) is 2.48. The van der Waals surface area contributed by atoms with Crippen LogP contribution in [0.15, 0.2) is 0 Å². The van der Waals surface area contributed by atoms with Crippen LogP contribution in [-0.4, -0.2) is 4.98 Å². The molecule has 0 bridgehead atoms. The maximum absolute atomic E-state index is 4.58. The molecular weight excluding hydrogens is 234 g/mol. The fraction of sp³-hybridized carbons (Fsp3) is 0.667. The molecule has 0 amide bonds. The summed E-state index contributed by atoms with van der Waals surface area (Å²) in [4.78, 5) is 5.98. The van der Waals surface area contributed by atoms with E-state index in [1.807, 2.05) is 11.3 Å². The normalized spacial score (nSPS) is 10.6. The van der Waals surface area contributed by atoms with Crippen molar-refractivity contribution in [3.05, 3.63) is 15.6 Å². The maximum Gasteiger partial charge on any atom is 0.0931 e. The van der Waals surface area contributed by atoms with Gasteiger partial charge in [0.1, 0.15) is 0 Å². The number of halogens is 1. The molecule has 1 heterocycles. The molecule has 0 aliphatic carbocycles. The number of nitrogens with zero attached hydrogens (tertiary/aromatic N) is 1. The summed E-state index contributed by atoms with van der Waals surface area (Å²) in [5.41, 5.74) is 1.28. The Hall–Kier alpha value is 0.110. The van der Waals surface area contributed by atoms with Crippen molar-refractivity contribution >= 4 is 27.3 Å². The van der Waals surface area contributed by atoms with Crippen molar-refractivity contribution in [1.29, 1.82) is 0 Å². The molecule has 68 valence electrons. The lowest BCUT2D eigenvalue weighted by atomic mass is 10.3. The molecule has 1 aromatic rings. The SMILES string of the molecule is CCCc1nc(CC)c(CBr)s1. The van der Waals surface area contributed by atoms with E-state index in [9.17, 15) is 0 Å². The Kier molecular flexibility index (Phi) is 4.22. The zero-order valence-corrected chi connectivity index (χ0v) is 9.96. The van der Waals surface area contributed by atoms with E-state index in [1.165, 1.54) is 22.0 Å². The molecule has 0 aromatic carbocycles. The van der Waals surface area contributed by atoms with Gasteiger partial charge in [-0.05, 0) is 19.3 Å². The van der Waals surface area contributed by atoms with Crippen LogP contribution < -0.4 is 0 Å². The summed E-state index contributed by atoms with van der Waals surface area (Å²) >= 11 is 5.33. The summed E-state index contributed by atoms with van der Waals surface area (Å²) < 4.78 is 0. The minimum Gasteiger partial charge on any atom is -0.246 e. The average molecular weight is 248 g/mol.